The van der Waals surface area contributed by atoms with Gasteiger partial charge in [0.2, 0.25) is 5.91 Å². The van der Waals surface area contributed by atoms with Crippen LogP contribution in [0.5, 0.6) is 11.5 Å². The number of nitrogens with zero attached hydrogens (tertiary/aromatic N) is 2. The van der Waals surface area contributed by atoms with Crippen LogP contribution in [-0.2, 0) is 9.59 Å². The highest BCUT2D eigenvalue weighted by molar-refractivity contribution is 7.23. The fourth-order valence-electron chi connectivity index (χ4n) is 3.83. The van der Waals surface area contributed by atoms with Gasteiger partial charge >= 0.3 is 0 Å². The molecule has 11 heteroatoms. The molecule has 1 saturated heterocycles. The van der Waals surface area contributed by atoms with Crippen molar-refractivity contribution >= 4 is 45.0 Å². The molecule has 2 amide bonds. The summed E-state index contributed by atoms with van der Waals surface area (Å²) in [6, 6.07) is 8.46. The van der Waals surface area contributed by atoms with Crippen molar-refractivity contribution in [2.24, 2.45) is 0 Å². The molecular formula is C23H21ClN4O5S. The van der Waals surface area contributed by atoms with Gasteiger partial charge in [0, 0.05) is 31.6 Å². The zero-order chi connectivity index (χ0) is 24.2. The fourth-order valence-corrected chi connectivity index (χ4v) is 5.21. The van der Waals surface area contributed by atoms with Crippen LogP contribution in [0.4, 0.5) is 0 Å². The standard InChI is InChI=1S/C23H21ClN4O5S/c24-21-18(19-20(31)15(11-25)22(32)27-23(19)34-21)13-4-6-14(7-5-13)33-12-16(29)26-8-2-10-28-9-1-3-17(28)30/h4-7H,1-3,8-10,12H2,(H,26,29)(H2,27,31,32). The van der Waals surface area contributed by atoms with Gasteiger partial charge in [-0.2, -0.15) is 5.26 Å². The smallest absolute Gasteiger partial charge is 0.270 e. The van der Waals surface area contributed by atoms with Crippen LogP contribution >= 0.6 is 22.9 Å². The van der Waals surface area contributed by atoms with Crippen molar-refractivity contribution in [1.82, 2.24) is 15.2 Å². The number of aromatic hydroxyl groups is 1. The quantitative estimate of drug-likeness (QED) is 0.407. The molecule has 0 aliphatic carbocycles. The SMILES string of the molecule is N#Cc1c(O)c2c(-c3ccc(OCC(=O)NCCCN4CCCC4=O)cc3)c(Cl)sc2[nH]c1=O. The van der Waals surface area contributed by atoms with Crippen LogP contribution < -0.4 is 15.6 Å². The Morgan fingerprint density at radius 1 is 1.32 bits per heavy atom. The number of hydrogen-bond acceptors (Lipinski definition) is 7. The number of H-pyrrole nitrogens is 1. The second-order valence-electron chi connectivity index (χ2n) is 7.75. The van der Waals surface area contributed by atoms with Crippen LogP contribution in [0.25, 0.3) is 21.3 Å². The summed E-state index contributed by atoms with van der Waals surface area (Å²) in [6.07, 6.45) is 2.19. The highest BCUT2D eigenvalue weighted by Crippen LogP contribution is 2.45. The minimum absolute atomic E-state index is 0.155. The fraction of sp³-hybridized carbons (Fsp3) is 0.304. The molecule has 0 unspecified atom stereocenters. The average molecular weight is 501 g/mol. The summed E-state index contributed by atoms with van der Waals surface area (Å²) in [5.74, 6) is -0.0384. The topological polar surface area (TPSA) is 136 Å². The van der Waals surface area contributed by atoms with Crippen molar-refractivity contribution in [2.45, 2.75) is 19.3 Å². The Morgan fingerprint density at radius 3 is 2.76 bits per heavy atom. The Kier molecular flexibility index (Phi) is 7.05. The first-order valence-electron chi connectivity index (χ1n) is 10.6. The molecule has 3 heterocycles. The number of carbonyl (C=O) groups excluding carboxylic acids is 2. The number of fused-ring (bicyclic) bond motifs is 1. The summed E-state index contributed by atoms with van der Waals surface area (Å²) >= 11 is 7.46. The number of halogens is 1. The maximum atomic E-state index is 12.0. The molecule has 0 spiro atoms. The van der Waals surface area contributed by atoms with E-state index in [1.54, 1.807) is 30.3 Å². The van der Waals surface area contributed by atoms with E-state index in [1.807, 2.05) is 4.90 Å². The van der Waals surface area contributed by atoms with Gasteiger partial charge in [0.1, 0.15) is 26.7 Å². The second-order valence-corrected chi connectivity index (χ2v) is 9.37. The Morgan fingerprint density at radius 2 is 2.09 bits per heavy atom. The number of amides is 2. The van der Waals surface area contributed by atoms with Crippen molar-refractivity contribution < 1.29 is 19.4 Å². The number of aromatic amines is 1. The van der Waals surface area contributed by atoms with E-state index in [4.69, 9.17) is 16.3 Å². The van der Waals surface area contributed by atoms with E-state index >= 15 is 0 Å². The molecule has 34 heavy (non-hydrogen) atoms. The van der Waals surface area contributed by atoms with Gasteiger partial charge in [-0.25, -0.2) is 0 Å². The molecule has 4 rings (SSSR count). The second kappa shape index (κ2) is 10.2. The highest BCUT2D eigenvalue weighted by atomic mass is 35.5. The average Bonchev–Trinajstić information content (AvgIpc) is 3.37. The molecule has 1 aliphatic rings. The third-order valence-corrected chi connectivity index (χ3v) is 6.83. The van der Waals surface area contributed by atoms with E-state index < -0.39 is 11.3 Å². The number of rotatable bonds is 8. The van der Waals surface area contributed by atoms with E-state index in [0.29, 0.717) is 57.4 Å². The van der Waals surface area contributed by atoms with Crippen molar-refractivity contribution in [1.29, 1.82) is 5.26 Å². The lowest BCUT2D eigenvalue weighted by atomic mass is 10.0. The first-order chi connectivity index (χ1) is 16.4. The summed E-state index contributed by atoms with van der Waals surface area (Å²) in [5.41, 5.74) is 0.0909. The van der Waals surface area contributed by atoms with Crippen molar-refractivity contribution in [3.8, 4) is 28.7 Å². The lowest BCUT2D eigenvalue weighted by Gasteiger charge is -2.15. The lowest BCUT2D eigenvalue weighted by Crippen LogP contribution is -2.33. The zero-order valence-electron chi connectivity index (χ0n) is 18.0. The Bertz CT molecular complexity index is 1340. The van der Waals surface area contributed by atoms with Crippen LogP contribution in [0.3, 0.4) is 0 Å². The van der Waals surface area contributed by atoms with Gasteiger partial charge < -0.3 is 25.0 Å². The van der Waals surface area contributed by atoms with Gasteiger partial charge in [-0.3, -0.25) is 14.4 Å². The number of hydrogen-bond donors (Lipinski definition) is 3. The monoisotopic (exact) mass is 500 g/mol. The number of aromatic nitrogens is 1. The maximum Gasteiger partial charge on any atom is 0.270 e. The summed E-state index contributed by atoms with van der Waals surface area (Å²) in [7, 11) is 0. The zero-order valence-corrected chi connectivity index (χ0v) is 19.6. The number of thiophene rings is 1. The number of carbonyl (C=O) groups is 2. The third kappa shape index (κ3) is 4.85. The molecule has 1 aromatic carbocycles. The van der Waals surface area contributed by atoms with Gasteiger partial charge in [0.05, 0.1) is 5.39 Å². The van der Waals surface area contributed by atoms with Crippen LogP contribution in [-0.4, -0.2) is 53.0 Å². The van der Waals surface area contributed by atoms with E-state index in [1.165, 1.54) is 0 Å². The van der Waals surface area contributed by atoms with Gasteiger partial charge in [0.15, 0.2) is 12.2 Å². The van der Waals surface area contributed by atoms with E-state index in [2.05, 4.69) is 10.3 Å². The number of pyridine rings is 1. The largest absolute Gasteiger partial charge is 0.506 e. The molecule has 0 saturated carbocycles. The number of nitriles is 1. The summed E-state index contributed by atoms with van der Waals surface area (Å²) in [6.45, 7) is 1.73. The predicted octanol–water partition coefficient (Wildman–Crippen LogP) is 2.99. The van der Waals surface area contributed by atoms with Gasteiger partial charge in [-0.15, -0.1) is 11.3 Å². The molecule has 3 aromatic rings. The highest BCUT2D eigenvalue weighted by Gasteiger charge is 2.21. The van der Waals surface area contributed by atoms with Gasteiger partial charge in [-0.05, 0) is 30.5 Å². The molecule has 0 bridgehead atoms. The molecular weight excluding hydrogens is 480 g/mol. The molecule has 0 radical (unpaired) electrons. The van der Waals surface area contributed by atoms with Crippen LogP contribution in [0.1, 0.15) is 24.8 Å². The first kappa shape index (κ1) is 23.6. The Labute approximate surface area is 203 Å². The van der Waals surface area contributed by atoms with Crippen molar-refractivity contribution in [2.75, 3.05) is 26.2 Å². The molecule has 1 aliphatic heterocycles. The van der Waals surface area contributed by atoms with Crippen molar-refractivity contribution in [3.05, 3.63) is 44.5 Å². The molecule has 2 aromatic heterocycles. The third-order valence-electron chi connectivity index (χ3n) is 5.52. The van der Waals surface area contributed by atoms with E-state index in [-0.39, 0.29) is 24.0 Å². The molecule has 1 fully saturated rings. The number of likely N-dealkylation sites (tertiary alicyclic amines) is 1. The summed E-state index contributed by atoms with van der Waals surface area (Å²) in [5, 5.41) is 22.7. The van der Waals surface area contributed by atoms with Gasteiger partial charge in [-0.1, -0.05) is 23.7 Å². The minimum Gasteiger partial charge on any atom is -0.506 e. The van der Waals surface area contributed by atoms with Crippen LogP contribution in [0.2, 0.25) is 4.34 Å². The first-order valence-corrected chi connectivity index (χ1v) is 11.8. The van der Waals surface area contributed by atoms with Crippen molar-refractivity contribution in [3.63, 3.8) is 0 Å². The number of benzene rings is 1. The summed E-state index contributed by atoms with van der Waals surface area (Å²) < 4.78 is 5.88. The summed E-state index contributed by atoms with van der Waals surface area (Å²) in [4.78, 5) is 40.3. The molecule has 3 N–H and O–H groups in total. The van der Waals surface area contributed by atoms with E-state index in [9.17, 15) is 24.8 Å². The Balaban J connectivity index is 1.36. The molecule has 176 valence electrons. The predicted molar refractivity (Wildman–Crippen MR) is 128 cm³/mol. The lowest BCUT2D eigenvalue weighted by molar-refractivity contribution is -0.127. The number of ether oxygens (including phenoxy) is 1. The van der Waals surface area contributed by atoms with Crippen LogP contribution in [0.15, 0.2) is 29.1 Å². The van der Waals surface area contributed by atoms with E-state index in [0.717, 1.165) is 24.3 Å². The Hall–Kier alpha value is -3.55. The van der Waals surface area contributed by atoms with Crippen LogP contribution in [0, 0.1) is 11.3 Å². The minimum atomic E-state index is -0.677. The molecule has 9 nitrogen and oxygen atoms in total. The number of nitrogens with one attached hydrogen (secondary N) is 2. The molecule has 0 atom stereocenters. The normalized spacial score (nSPS) is 13.3. The van der Waals surface area contributed by atoms with Gasteiger partial charge in [0.25, 0.3) is 11.5 Å². The maximum absolute atomic E-state index is 12.0.